The molecule has 0 bridgehead atoms. The van der Waals surface area contributed by atoms with Crippen molar-refractivity contribution in [3.05, 3.63) is 59.1 Å². The molecule has 0 unspecified atom stereocenters. The van der Waals surface area contributed by atoms with Crippen molar-refractivity contribution in [2.45, 2.75) is 30.8 Å². The lowest BCUT2D eigenvalue weighted by molar-refractivity contribution is -0.158. The smallest absolute Gasteiger partial charge is 0.311 e. The summed E-state index contributed by atoms with van der Waals surface area (Å²) in [4.78, 5) is 39.2. The second-order valence-electron chi connectivity index (χ2n) is 7.73. The summed E-state index contributed by atoms with van der Waals surface area (Å²) in [5.41, 5.74) is 0.808. The minimum Gasteiger partial charge on any atom is -0.452 e. The first-order chi connectivity index (χ1) is 15.5. The topological polar surface area (TPSA) is 136 Å². The van der Waals surface area contributed by atoms with Gasteiger partial charge in [-0.1, -0.05) is 11.6 Å². The van der Waals surface area contributed by atoms with Crippen LogP contribution in [-0.2, 0) is 24.3 Å². The number of carbonyl (C=O) groups is 3. The van der Waals surface area contributed by atoms with Crippen LogP contribution in [0.4, 0.5) is 5.69 Å². The number of likely N-dealkylation sites (tertiary alicyclic amines) is 1. The molecule has 2 aromatic rings. The maximum atomic E-state index is 12.7. The lowest BCUT2D eigenvalue weighted by Crippen LogP contribution is -2.44. The summed E-state index contributed by atoms with van der Waals surface area (Å²) < 4.78 is 27.9. The van der Waals surface area contributed by atoms with Gasteiger partial charge in [-0.05, 0) is 68.3 Å². The number of benzene rings is 2. The Morgan fingerprint density at radius 1 is 1.12 bits per heavy atom. The molecule has 2 atom stereocenters. The predicted molar refractivity (Wildman–Crippen MR) is 122 cm³/mol. The van der Waals surface area contributed by atoms with Gasteiger partial charge in [0.25, 0.3) is 11.8 Å². The van der Waals surface area contributed by atoms with Gasteiger partial charge in [-0.3, -0.25) is 14.4 Å². The third-order valence-corrected chi connectivity index (χ3v) is 6.43. The van der Waals surface area contributed by atoms with E-state index in [1.165, 1.54) is 31.2 Å². The average Bonchev–Trinajstić information content (AvgIpc) is 2.79. The maximum Gasteiger partial charge on any atom is 0.311 e. The van der Waals surface area contributed by atoms with Crippen molar-refractivity contribution < 1.29 is 27.5 Å². The molecule has 176 valence electrons. The fourth-order valence-corrected chi connectivity index (χ4v) is 4.07. The first-order valence-corrected chi connectivity index (χ1v) is 12.2. The number of hydrogen-bond acceptors (Lipinski definition) is 6. The maximum absolute atomic E-state index is 12.7. The van der Waals surface area contributed by atoms with E-state index in [0.29, 0.717) is 35.7 Å². The molecule has 0 spiro atoms. The average molecular weight is 494 g/mol. The van der Waals surface area contributed by atoms with Crippen molar-refractivity contribution in [2.75, 3.05) is 18.4 Å². The second kappa shape index (κ2) is 10.3. The fraction of sp³-hybridized carbons (Fsp3) is 0.318. The van der Waals surface area contributed by atoms with Gasteiger partial charge in [0, 0.05) is 29.4 Å². The van der Waals surface area contributed by atoms with E-state index in [9.17, 15) is 22.8 Å². The molecular weight excluding hydrogens is 470 g/mol. The molecule has 1 aliphatic heterocycles. The third-order valence-electron chi connectivity index (χ3n) is 5.25. The number of hydrogen-bond donors (Lipinski definition) is 2. The molecule has 33 heavy (non-hydrogen) atoms. The van der Waals surface area contributed by atoms with E-state index in [2.05, 4.69) is 5.32 Å². The number of carbonyl (C=O) groups excluding carboxylic acids is 3. The van der Waals surface area contributed by atoms with Crippen molar-refractivity contribution in [3.63, 3.8) is 0 Å². The lowest BCUT2D eigenvalue weighted by atomic mass is 9.97. The Labute approximate surface area is 196 Å². The van der Waals surface area contributed by atoms with Gasteiger partial charge < -0.3 is 15.0 Å². The number of primary sulfonamides is 1. The summed E-state index contributed by atoms with van der Waals surface area (Å²) in [6.45, 7) is 2.16. The zero-order valence-corrected chi connectivity index (χ0v) is 19.4. The van der Waals surface area contributed by atoms with Crippen LogP contribution in [-0.4, -0.2) is 50.3 Å². The van der Waals surface area contributed by atoms with E-state index in [0.717, 1.165) is 0 Å². The number of nitrogens with one attached hydrogen (secondary N) is 1. The number of rotatable bonds is 6. The molecule has 3 rings (SSSR count). The number of sulfonamides is 1. The molecule has 1 aliphatic rings. The minimum absolute atomic E-state index is 0.0880. The standard InChI is InChI=1S/C22H24ClN3O6S/c1-14(20(27)25-18-8-10-19(11-9-18)33(24,30)31)32-22(29)16-3-2-12-26(13-16)21(28)15-4-6-17(23)7-5-15/h4-11,14,16H,2-3,12-13H2,1H3,(H,25,27)(H2,24,30,31)/t14-,16+/m1/s1. The highest BCUT2D eigenvalue weighted by Gasteiger charge is 2.31. The molecule has 9 nitrogen and oxygen atoms in total. The van der Waals surface area contributed by atoms with Crippen molar-refractivity contribution in [1.29, 1.82) is 0 Å². The number of anilines is 1. The van der Waals surface area contributed by atoms with Gasteiger partial charge >= 0.3 is 5.97 Å². The second-order valence-corrected chi connectivity index (χ2v) is 9.73. The van der Waals surface area contributed by atoms with Crippen LogP contribution in [0.25, 0.3) is 0 Å². The summed E-state index contributed by atoms with van der Waals surface area (Å²) in [6, 6.07) is 11.8. The van der Waals surface area contributed by atoms with Crippen LogP contribution in [0.5, 0.6) is 0 Å². The Morgan fingerprint density at radius 2 is 1.76 bits per heavy atom. The Balaban J connectivity index is 1.55. The molecule has 0 aliphatic carbocycles. The summed E-state index contributed by atoms with van der Waals surface area (Å²) in [6.07, 6.45) is 0.0978. The zero-order chi connectivity index (χ0) is 24.2. The molecule has 0 aromatic heterocycles. The van der Waals surface area contributed by atoms with Gasteiger partial charge in [-0.25, -0.2) is 13.6 Å². The lowest BCUT2D eigenvalue weighted by Gasteiger charge is -2.32. The molecule has 1 fully saturated rings. The van der Waals surface area contributed by atoms with Gasteiger partial charge in [0.15, 0.2) is 6.10 Å². The quantitative estimate of drug-likeness (QED) is 0.593. The Bertz CT molecular complexity index is 1140. The largest absolute Gasteiger partial charge is 0.452 e. The van der Waals surface area contributed by atoms with E-state index in [1.807, 2.05) is 0 Å². The van der Waals surface area contributed by atoms with Gasteiger partial charge in [0.1, 0.15) is 0 Å². The summed E-state index contributed by atoms with van der Waals surface area (Å²) in [7, 11) is -3.84. The number of halogens is 1. The molecule has 11 heteroatoms. The molecule has 2 aromatic carbocycles. The highest BCUT2D eigenvalue weighted by atomic mass is 35.5. The zero-order valence-electron chi connectivity index (χ0n) is 17.9. The van der Waals surface area contributed by atoms with Gasteiger partial charge in [-0.2, -0.15) is 0 Å². The molecule has 0 radical (unpaired) electrons. The third kappa shape index (κ3) is 6.53. The van der Waals surface area contributed by atoms with Gasteiger partial charge in [-0.15, -0.1) is 0 Å². The summed E-state index contributed by atoms with van der Waals surface area (Å²) >= 11 is 5.87. The normalized spacial score (nSPS) is 17.2. The van der Waals surface area contributed by atoms with Crippen molar-refractivity contribution in [3.8, 4) is 0 Å². The predicted octanol–water partition coefficient (Wildman–Crippen LogP) is 2.41. The number of piperidine rings is 1. The number of amides is 2. The Morgan fingerprint density at radius 3 is 2.36 bits per heavy atom. The first-order valence-electron chi connectivity index (χ1n) is 10.2. The molecule has 0 saturated carbocycles. The van der Waals surface area contributed by atoms with Crippen molar-refractivity contribution >= 4 is 45.1 Å². The Kier molecular flexibility index (Phi) is 7.72. The minimum atomic E-state index is -3.84. The van der Waals surface area contributed by atoms with E-state index < -0.39 is 33.9 Å². The van der Waals surface area contributed by atoms with E-state index in [1.54, 1.807) is 29.2 Å². The highest BCUT2D eigenvalue weighted by Crippen LogP contribution is 2.21. The van der Waals surface area contributed by atoms with Crippen LogP contribution in [0.15, 0.2) is 53.4 Å². The fourth-order valence-electron chi connectivity index (χ4n) is 3.42. The molecular formula is C22H24ClN3O6S. The van der Waals surface area contributed by atoms with Crippen LogP contribution in [0.1, 0.15) is 30.1 Å². The Hall–Kier alpha value is -2.95. The summed E-state index contributed by atoms with van der Waals surface area (Å²) in [5.74, 6) is -1.87. The highest BCUT2D eigenvalue weighted by molar-refractivity contribution is 7.89. The van der Waals surface area contributed by atoms with Crippen LogP contribution < -0.4 is 10.5 Å². The number of nitrogens with zero attached hydrogens (tertiary/aromatic N) is 1. The number of ether oxygens (including phenoxy) is 1. The monoisotopic (exact) mass is 493 g/mol. The molecule has 1 saturated heterocycles. The van der Waals surface area contributed by atoms with E-state index in [4.69, 9.17) is 21.5 Å². The SMILES string of the molecule is C[C@@H](OC(=O)[C@H]1CCCN(C(=O)c2ccc(Cl)cc2)C1)C(=O)Nc1ccc(S(N)(=O)=O)cc1. The number of nitrogens with two attached hydrogens (primary N) is 1. The van der Waals surface area contributed by atoms with Crippen molar-refractivity contribution in [1.82, 2.24) is 4.90 Å². The van der Waals surface area contributed by atoms with Crippen LogP contribution in [0.3, 0.4) is 0 Å². The van der Waals surface area contributed by atoms with Gasteiger partial charge in [0.2, 0.25) is 10.0 Å². The molecule has 3 N–H and O–H groups in total. The van der Waals surface area contributed by atoms with Gasteiger partial charge in [0.05, 0.1) is 10.8 Å². The molecule has 2 amide bonds. The van der Waals surface area contributed by atoms with Crippen LogP contribution >= 0.6 is 11.6 Å². The van der Waals surface area contributed by atoms with E-state index in [-0.39, 0.29) is 17.3 Å². The first kappa shape index (κ1) is 24.7. The number of esters is 1. The van der Waals surface area contributed by atoms with E-state index >= 15 is 0 Å². The van der Waals surface area contributed by atoms with Crippen LogP contribution in [0.2, 0.25) is 5.02 Å². The van der Waals surface area contributed by atoms with Crippen LogP contribution in [0, 0.1) is 5.92 Å². The van der Waals surface area contributed by atoms with Crippen molar-refractivity contribution in [2.24, 2.45) is 11.1 Å². The molecule has 1 heterocycles. The summed E-state index contributed by atoms with van der Waals surface area (Å²) in [5, 5.41) is 8.13.